The van der Waals surface area contributed by atoms with Gasteiger partial charge in [-0.1, -0.05) is 48.9 Å². The molecule has 6 heteroatoms. The predicted molar refractivity (Wildman–Crippen MR) is 114 cm³/mol. The number of hydrogen-bond donors (Lipinski definition) is 2. The molecular weight excluding hydrogens is 396 g/mol. The van der Waals surface area contributed by atoms with Crippen LogP contribution in [0.15, 0.2) is 72.8 Å². The third-order valence-corrected chi connectivity index (χ3v) is 6.16. The topological polar surface area (TPSA) is 76.0 Å². The van der Waals surface area contributed by atoms with Crippen LogP contribution in [0.5, 0.6) is 11.5 Å². The molecule has 5 rings (SSSR count). The summed E-state index contributed by atoms with van der Waals surface area (Å²) in [6.07, 6.45) is 2.67. The zero-order valence-electron chi connectivity index (χ0n) is 16.4. The summed E-state index contributed by atoms with van der Waals surface area (Å²) < 4.78 is 11.0. The van der Waals surface area contributed by atoms with Crippen molar-refractivity contribution in [3.63, 3.8) is 0 Å². The second-order valence-electron chi connectivity index (χ2n) is 7.16. The van der Waals surface area contributed by atoms with Gasteiger partial charge >= 0.3 is 5.97 Å². The van der Waals surface area contributed by atoms with Crippen molar-refractivity contribution < 1.29 is 24.2 Å². The number of esters is 1. The summed E-state index contributed by atoms with van der Waals surface area (Å²) in [5.74, 6) is -0.124. The summed E-state index contributed by atoms with van der Waals surface area (Å²) in [7, 11) is 0.802. The Balaban J connectivity index is 0.000000313. The van der Waals surface area contributed by atoms with Gasteiger partial charge in [0, 0.05) is 23.3 Å². The van der Waals surface area contributed by atoms with Gasteiger partial charge in [0.25, 0.3) is 0 Å². The highest BCUT2D eigenvalue weighted by Crippen LogP contribution is 2.47. The van der Waals surface area contributed by atoms with E-state index in [-0.39, 0.29) is 11.5 Å². The maximum atomic E-state index is 12.4. The summed E-state index contributed by atoms with van der Waals surface area (Å²) in [4.78, 5) is 12.4. The van der Waals surface area contributed by atoms with Crippen molar-refractivity contribution in [2.45, 2.75) is 24.5 Å². The van der Waals surface area contributed by atoms with Crippen molar-refractivity contribution >= 4 is 15.7 Å². The number of phenolic OH excluding ortho intramolecular Hbond substituents is 2. The van der Waals surface area contributed by atoms with Crippen LogP contribution in [0.1, 0.15) is 39.9 Å². The number of ether oxygens (including phenoxy) is 1. The quantitative estimate of drug-likeness (QED) is 0.477. The Morgan fingerprint density at radius 1 is 0.800 bits per heavy atom. The number of carbonyl (C=O) groups is 1. The Morgan fingerprint density at radius 3 is 1.87 bits per heavy atom. The van der Waals surface area contributed by atoms with Crippen molar-refractivity contribution in [1.82, 2.24) is 0 Å². The van der Waals surface area contributed by atoms with E-state index < -0.39 is 11.6 Å². The monoisotopic (exact) mass is 418 g/mol. The zero-order chi connectivity index (χ0) is 21.0. The maximum absolute atomic E-state index is 12.4. The van der Waals surface area contributed by atoms with E-state index in [2.05, 4.69) is 0 Å². The molecule has 0 atom stereocenters. The lowest BCUT2D eigenvalue weighted by Gasteiger charge is -2.30. The summed E-state index contributed by atoms with van der Waals surface area (Å²) in [5.41, 5.74) is 1.60. The predicted octanol–water partition coefficient (Wildman–Crippen LogP) is 4.39. The highest BCUT2D eigenvalue weighted by Gasteiger charge is 2.48. The van der Waals surface area contributed by atoms with Crippen LogP contribution in [0, 0.1) is 0 Å². The first-order valence-electron chi connectivity index (χ1n) is 9.88. The Labute approximate surface area is 177 Å². The number of carbonyl (C=O) groups excluding carboxylic acids is 1. The van der Waals surface area contributed by atoms with Crippen LogP contribution in [0.3, 0.4) is 0 Å². The van der Waals surface area contributed by atoms with Gasteiger partial charge in [-0.3, -0.25) is 0 Å². The van der Waals surface area contributed by atoms with Crippen LogP contribution in [-0.4, -0.2) is 32.6 Å². The van der Waals surface area contributed by atoms with Gasteiger partial charge in [-0.25, -0.2) is 4.79 Å². The Bertz CT molecular complexity index is 954. The van der Waals surface area contributed by atoms with E-state index in [1.165, 1.54) is 18.9 Å². The lowest BCUT2D eigenvalue weighted by molar-refractivity contribution is 0.0251. The molecule has 2 radical (unpaired) electrons. The molecule has 5 nitrogen and oxygen atoms in total. The third kappa shape index (κ3) is 3.84. The number of cyclic esters (lactones) is 1. The molecule has 1 saturated heterocycles. The van der Waals surface area contributed by atoms with Crippen LogP contribution in [0.4, 0.5) is 0 Å². The largest absolute Gasteiger partial charge is 0.508 e. The van der Waals surface area contributed by atoms with E-state index >= 15 is 0 Å². The van der Waals surface area contributed by atoms with Crippen molar-refractivity contribution in [1.29, 1.82) is 0 Å². The fourth-order valence-corrected chi connectivity index (χ4v) is 4.55. The summed E-state index contributed by atoms with van der Waals surface area (Å²) in [6.45, 7) is 1.01. The molecule has 2 N–H and O–H groups in total. The standard InChI is InChI=1S/C20H14O4.C4H8OSi/c21-15-9-5-13(6-10-15)20(14-7-11-16(22)12-8-14)18-4-2-1-3-17(18)19(23)24-20;1-2-4-6-5-3-1/h1-12,21-22H;1-4H2. The van der Waals surface area contributed by atoms with Crippen molar-refractivity contribution in [3.8, 4) is 11.5 Å². The van der Waals surface area contributed by atoms with Gasteiger partial charge in [0.2, 0.25) is 9.76 Å². The molecule has 0 aliphatic carbocycles. The van der Waals surface area contributed by atoms with Crippen molar-refractivity contribution in [2.24, 2.45) is 0 Å². The van der Waals surface area contributed by atoms with Gasteiger partial charge in [-0.2, -0.15) is 0 Å². The number of fused-ring (bicyclic) bond motifs is 1. The number of rotatable bonds is 2. The van der Waals surface area contributed by atoms with Crippen LogP contribution in [0.2, 0.25) is 6.04 Å². The molecule has 3 aromatic carbocycles. The first-order valence-corrected chi connectivity index (χ1v) is 11.0. The average molecular weight is 419 g/mol. The molecule has 2 aliphatic rings. The number of hydrogen-bond acceptors (Lipinski definition) is 5. The molecule has 0 aromatic heterocycles. The van der Waals surface area contributed by atoms with Crippen LogP contribution >= 0.6 is 0 Å². The molecule has 0 saturated carbocycles. The van der Waals surface area contributed by atoms with Gasteiger partial charge in [0.1, 0.15) is 11.5 Å². The Kier molecular flexibility index (Phi) is 5.88. The average Bonchev–Trinajstić information content (AvgIpc) is 3.10. The van der Waals surface area contributed by atoms with E-state index in [0.717, 1.165) is 33.1 Å². The van der Waals surface area contributed by atoms with E-state index in [0.29, 0.717) is 5.56 Å². The van der Waals surface area contributed by atoms with Crippen molar-refractivity contribution in [2.75, 3.05) is 6.61 Å². The second kappa shape index (κ2) is 8.73. The second-order valence-corrected chi connectivity index (χ2v) is 8.24. The smallest absolute Gasteiger partial charge is 0.340 e. The maximum Gasteiger partial charge on any atom is 0.340 e. The normalized spacial score (nSPS) is 16.7. The van der Waals surface area contributed by atoms with Gasteiger partial charge in [0.05, 0.1) is 5.56 Å². The zero-order valence-corrected chi connectivity index (χ0v) is 17.4. The number of phenols is 2. The first kappa shape index (κ1) is 20.2. The van der Waals surface area contributed by atoms with E-state index in [4.69, 9.17) is 9.16 Å². The fraction of sp³-hybridized carbons (Fsp3) is 0.208. The van der Waals surface area contributed by atoms with Gasteiger partial charge in [-0.05, 0) is 42.8 Å². The Hall–Kier alpha value is -3.09. The van der Waals surface area contributed by atoms with E-state index in [9.17, 15) is 15.0 Å². The highest BCUT2D eigenvalue weighted by atomic mass is 28.2. The molecule has 1 fully saturated rings. The molecule has 0 unspecified atom stereocenters. The van der Waals surface area contributed by atoms with Crippen LogP contribution < -0.4 is 0 Å². The molecule has 3 aromatic rings. The van der Waals surface area contributed by atoms with Crippen LogP contribution in [-0.2, 0) is 14.8 Å². The molecule has 152 valence electrons. The van der Waals surface area contributed by atoms with Crippen LogP contribution in [0.25, 0.3) is 0 Å². The lowest BCUT2D eigenvalue weighted by Crippen LogP contribution is -2.29. The Morgan fingerprint density at radius 2 is 1.40 bits per heavy atom. The summed E-state index contributed by atoms with van der Waals surface area (Å²) in [5, 5.41) is 19.2. The lowest BCUT2D eigenvalue weighted by atomic mass is 9.80. The number of benzene rings is 3. The van der Waals surface area contributed by atoms with Crippen molar-refractivity contribution in [3.05, 3.63) is 95.1 Å². The fourth-order valence-electron chi connectivity index (χ4n) is 3.72. The molecular formula is C24H22O5Si. The summed E-state index contributed by atoms with van der Waals surface area (Å²) in [6, 6.07) is 21.7. The minimum absolute atomic E-state index is 0.136. The van der Waals surface area contributed by atoms with Gasteiger partial charge in [-0.15, -0.1) is 0 Å². The van der Waals surface area contributed by atoms with Gasteiger partial charge < -0.3 is 19.4 Å². The minimum Gasteiger partial charge on any atom is -0.508 e. The molecule has 2 heterocycles. The number of aromatic hydroxyl groups is 2. The molecule has 2 aliphatic heterocycles. The molecule has 0 spiro atoms. The SMILES string of the molecule is C1CC[Si]OC1.O=C1OC(c2ccc(O)cc2)(c2ccc(O)cc2)c2ccccc21. The third-order valence-electron chi connectivity index (χ3n) is 5.20. The van der Waals surface area contributed by atoms with E-state index in [1.807, 2.05) is 12.1 Å². The van der Waals surface area contributed by atoms with E-state index in [1.54, 1.807) is 60.7 Å². The molecule has 0 amide bonds. The summed E-state index contributed by atoms with van der Waals surface area (Å²) >= 11 is 0. The first-order chi connectivity index (χ1) is 14.6. The molecule has 0 bridgehead atoms. The highest BCUT2D eigenvalue weighted by molar-refractivity contribution is 6.27. The molecule has 30 heavy (non-hydrogen) atoms. The minimum atomic E-state index is -1.10. The van der Waals surface area contributed by atoms with Gasteiger partial charge in [0.15, 0.2) is 5.60 Å².